The van der Waals surface area contributed by atoms with Crippen molar-refractivity contribution in [2.45, 2.75) is 37.7 Å². The Morgan fingerprint density at radius 1 is 1.58 bits per heavy atom. The molecular weight excluding hydrogens is 148 g/mol. The van der Waals surface area contributed by atoms with E-state index in [0.29, 0.717) is 11.8 Å². The van der Waals surface area contributed by atoms with Crippen LogP contribution >= 0.6 is 0 Å². The van der Waals surface area contributed by atoms with Crippen LogP contribution in [0.1, 0.15) is 32.1 Å². The highest BCUT2D eigenvalue weighted by Gasteiger charge is 2.72. The molecule has 3 rings (SSSR count). The van der Waals surface area contributed by atoms with Gasteiger partial charge in [0.25, 0.3) is 0 Å². The van der Waals surface area contributed by atoms with Crippen molar-refractivity contribution >= 4 is 0 Å². The van der Waals surface area contributed by atoms with Gasteiger partial charge in [-0.3, -0.25) is 0 Å². The fraction of sp³-hybridized carbons (Fsp3) is 0.727. The van der Waals surface area contributed by atoms with Gasteiger partial charge in [0.1, 0.15) is 11.8 Å². The molecule has 3 unspecified atom stereocenters. The number of rotatable bonds is 0. The van der Waals surface area contributed by atoms with Gasteiger partial charge in [-0.15, -0.1) is 0 Å². The summed E-state index contributed by atoms with van der Waals surface area (Å²) in [6.07, 6.45) is 5.80. The molecule has 3 aliphatic rings. The number of aliphatic hydroxyl groups is 1. The quantitative estimate of drug-likeness (QED) is 0.428. The Morgan fingerprint density at radius 2 is 2.42 bits per heavy atom. The van der Waals surface area contributed by atoms with Gasteiger partial charge in [0.2, 0.25) is 5.60 Å². The molecule has 0 radical (unpaired) electrons. The Bertz CT molecular complexity index is 245. The molecular formula is C11H15O+. The highest BCUT2D eigenvalue weighted by molar-refractivity contribution is 5.37. The van der Waals surface area contributed by atoms with Crippen LogP contribution in [0.4, 0.5) is 0 Å². The van der Waals surface area contributed by atoms with Crippen molar-refractivity contribution in [3.8, 4) is 0 Å². The Balaban J connectivity index is 1.95. The second-order valence-electron chi connectivity index (χ2n) is 4.66. The molecule has 0 amide bonds. The van der Waals surface area contributed by atoms with Crippen LogP contribution in [-0.4, -0.2) is 10.7 Å². The van der Waals surface area contributed by atoms with Crippen LogP contribution in [0, 0.1) is 17.8 Å². The maximum atomic E-state index is 10.2. The van der Waals surface area contributed by atoms with Crippen LogP contribution in [-0.2, 0) is 0 Å². The monoisotopic (exact) mass is 163 g/mol. The van der Waals surface area contributed by atoms with Crippen LogP contribution in [0.25, 0.3) is 0 Å². The van der Waals surface area contributed by atoms with Crippen LogP contribution in [0.5, 0.6) is 0 Å². The average Bonchev–Trinajstić information content (AvgIpc) is 2.49. The van der Waals surface area contributed by atoms with E-state index < -0.39 is 0 Å². The van der Waals surface area contributed by atoms with Crippen LogP contribution in [0.15, 0.2) is 12.2 Å². The zero-order valence-electron chi connectivity index (χ0n) is 7.34. The van der Waals surface area contributed by atoms with E-state index in [-0.39, 0.29) is 5.60 Å². The van der Waals surface area contributed by atoms with Crippen molar-refractivity contribution in [2.24, 2.45) is 11.8 Å². The average molecular weight is 163 g/mol. The third-order valence-corrected chi connectivity index (χ3v) is 3.99. The van der Waals surface area contributed by atoms with Crippen LogP contribution in [0.3, 0.4) is 0 Å². The Labute approximate surface area is 73.5 Å². The molecule has 3 saturated carbocycles. The molecule has 1 N–H and O–H groups in total. The van der Waals surface area contributed by atoms with E-state index in [9.17, 15) is 5.11 Å². The molecule has 3 aliphatic carbocycles. The van der Waals surface area contributed by atoms with Gasteiger partial charge < -0.3 is 5.11 Å². The standard InChI is InChI=1S/C11H15O/c1-7-5-8-6-11(8,12)10-4-2-3-9(7)10/h8-9,12H,1-6H2/q+1. The fourth-order valence-corrected chi connectivity index (χ4v) is 3.22. The minimum absolute atomic E-state index is 0.317. The van der Waals surface area contributed by atoms with E-state index in [1.165, 1.54) is 24.3 Å². The summed E-state index contributed by atoms with van der Waals surface area (Å²) in [7, 11) is 0. The van der Waals surface area contributed by atoms with Gasteiger partial charge >= 0.3 is 0 Å². The van der Waals surface area contributed by atoms with Gasteiger partial charge in [0.15, 0.2) is 0 Å². The molecule has 0 aliphatic heterocycles. The molecule has 3 fully saturated rings. The largest absolute Gasteiger partial charge is 0.351 e. The molecule has 0 saturated heterocycles. The molecule has 12 heavy (non-hydrogen) atoms. The summed E-state index contributed by atoms with van der Waals surface area (Å²) >= 11 is 0. The van der Waals surface area contributed by atoms with Crippen molar-refractivity contribution in [1.82, 2.24) is 0 Å². The lowest BCUT2D eigenvalue weighted by atomic mass is 9.76. The molecule has 0 heterocycles. The van der Waals surface area contributed by atoms with Crippen molar-refractivity contribution < 1.29 is 5.11 Å². The molecule has 0 bridgehead atoms. The van der Waals surface area contributed by atoms with Crippen LogP contribution < -0.4 is 0 Å². The third-order valence-electron chi connectivity index (χ3n) is 3.99. The topological polar surface area (TPSA) is 20.2 Å². The molecule has 3 atom stereocenters. The zero-order chi connectivity index (χ0) is 8.34. The van der Waals surface area contributed by atoms with Gasteiger partial charge in [-0.1, -0.05) is 6.58 Å². The zero-order valence-corrected chi connectivity index (χ0v) is 7.34. The number of allylic oxidation sites excluding steroid dienone is 1. The fourth-order valence-electron chi connectivity index (χ4n) is 3.22. The van der Waals surface area contributed by atoms with Crippen molar-refractivity contribution in [3.05, 3.63) is 18.1 Å². The van der Waals surface area contributed by atoms with E-state index in [2.05, 4.69) is 6.58 Å². The summed E-state index contributed by atoms with van der Waals surface area (Å²) in [4.78, 5) is 0. The van der Waals surface area contributed by atoms with Gasteiger partial charge in [-0.25, -0.2) is 0 Å². The third kappa shape index (κ3) is 0.663. The summed E-state index contributed by atoms with van der Waals surface area (Å²) in [5.74, 6) is 2.58. The lowest BCUT2D eigenvalue weighted by Crippen LogP contribution is -2.30. The number of hydrogen-bond acceptors (Lipinski definition) is 1. The number of fused-ring (bicyclic) bond motifs is 3. The van der Waals surface area contributed by atoms with E-state index in [4.69, 9.17) is 0 Å². The normalized spacial score (nSPS) is 50.4. The first kappa shape index (κ1) is 7.02. The Hall–Kier alpha value is -0.430. The Morgan fingerprint density at radius 3 is 3.25 bits per heavy atom. The SMILES string of the molecule is C=C1CC2CC2(O)[C+]2CCCC12. The summed E-state index contributed by atoms with van der Waals surface area (Å²) in [6, 6.07) is 0. The maximum Gasteiger partial charge on any atom is 0.211 e. The molecule has 0 spiro atoms. The summed E-state index contributed by atoms with van der Waals surface area (Å²) in [6.45, 7) is 4.13. The maximum absolute atomic E-state index is 10.2. The van der Waals surface area contributed by atoms with E-state index in [1.54, 1.807) is 0 Å². The molecule has 1 heteroatoms. The Kier molecular flexibility index (Phi) is 1.11. The van der Waals surface area contributed by atoms with E-state index in [0.717, 1.165) is 19.3 Å². The first-order chi connectivity index (χ1) is 5.72. The smallest absolute Gasteiger partial charge is 0.211 e. The second kappa shape index (κ2) is 1.90. The van der Waals surface area contributed by atoms with Gasteiger partial charge in [0.05, 0.1) is 6.42 Å². The summed E-state index contributed by atoms with van der Waals surface area (Å²) in [5, 5.41) is 10.2. The molecule has 1 nitrogen and oxygen atoms in total. The highest BCUT2D eigenvalue weighted by Crippen LogP contribution is 2.64. The van der Waals surface area contributed by atoms with E-state index >= 15 is 0 Å². The van der Waals surface area contributed by atoms with Gasteiger partial charge in [0, 0.05) is 12.3 Å². The molecule has 64 valence electrons. The predicted molar refractivity (Wildman–Crippen MR) is 47.4 cm³/mol. The first-order valence-electron chi connectivity index (χ1n) is 4.98. The minimum atomic E-state index is -0.317. The summed E-state index contributed by atoms with van der Waals surface area (Å²) < 4.78 is 0. The molecule has 0 aromatic carbocycles. The molecule has 0 aromatic heterocycles. The minimum Gasteiger partial charge on any atom is -0.351 e. The van der Waals surface area contributed by atoms with Gasteiger partial charge in [-0.05, 0) is 24.8 Å². The van der Waals surface area contributed by atoms with Crippen molar-refractivity contribution in [1.29, 1.82) is 0 Å². The van der Waals surface area contributed by atoms with Crippen molar-refractivity contribution in [2.75, 3.05) is 0 Å². The molecule has 0 aromatic rings. The van der Waals surface area contributed by atoms with Gasteiger partial charge in [-0.2, -0.15) is 0 Å². The predicted octanol–water partition coefficient (Wildman–Crippen LogP) is 2.07. The second-order valence-corrected chi connectivity index (χ2v) is 4.66. The lowest BCUT2D eigenvalue weighted by molar-refractivity contribution is 0.121. The summed E-state index contributed by atoms with van der Waals surface area (Å²) in [5.41, 5.74) is 1.08. The first-order valence-corrected chi connectivity index (χ1v) is 4.98. The van der Waals surface area contributed by atoms with Crippen molar-refractivity contribution in [3.63, 3.8) is 0 Å². The lowest BCUT2D eigenvalue weighted by Gasteiger charge is -2.22. The number of hydrogen-bond donors (Lipinski definition) is 1. The highest BCUT2D eigenvalue weighted by atomic mass is 16.3. The van der Waals surface area contributed by atoms with E-state index in [1.807, 2.05) is 0 Å². The van der Waals surface area contributed by atoms with Crippen LogP contribution in [0.2, 0.25) is 0 Å².